The van der Waals surface area contributed by atoms with Crippen molar-refractivity contribution in [1.82, 2.24) is 0 Å². The van der Waals surface area contributed by atoms with Crippen LogP contribution >= 0.6 is 11.8 Å². The monoisotopic (exact) mass is 212 g/mol. The van der Waals surface area contributed by atoms with E-state index in [1.165, 1.54) is 0 Å². The molecule has 78 valence electrons. The first-order valence-electron chi connectivity index (χ1n) is 4.55. The lowest BCUT2D eigenvalue weighted by Gasteiger charge is -2.12. The molecule has 0 aliphatic rings. The van der Waals surface area contributed by atoms with Crippen molar-refractivity contribution in [3.8, 4) is 5.75 Å². The molecule has 14 heavy (non-hydrogen) atoms. The Morgan fingerprint density at radius 1 is 1.50 bits per heavy atom. The molecular formula is C11H16O2S. The maximum atomic E-state index is 9.03. The van der Waals surface area contributed by atoms with Crippen molar-refractivity contribution in [2.75, 3.05) is 20.0 Å². The summed E-state index contributed by atoms with van der Waals surface area (Å²) in [5.41, 5.74) is 1.11. The second-order valence-corrected chi connectivity index (χ2v) is 4.05. The number of thioether (sulfide) groups is 1. The van der Waals surface area contributed by atoms with Crippen molar-refractivity contribution in [2.45, 2.75) is 17.7 Å². The molecule has 1 unspecified atom stereocenters. The minimum atomic E-state index is 0.166. The molecule has 0 radical (unpaired) electrons. The zero-order valence-corrected chi connectivity index (χ0v) is 9.60. The zero-order chi connectivity index (χ0) is 10.6. The standard InChI is InChI=1S/C11H16O2S/c1-8(7-12)9-4-5-11(14-3)10(6-9)13-2/h4-6,8,12H,7H2,1-3H3. The van der Waals surface area contributed by atoms with Gasteiger partial charge in [0.1, 0.15) is 5.75 Å². The minimum absolute atomic E-state index is 0.166. The summed E-state index contributed by atoms with van der Waals surface area (Å²) < 4.78 is 5.27. The largest absolute Gasteiger partial charge is 0.496 e. The van der Waals surface area contributed by atoms with Gasteiger partial charge in [0.05, 0.1) is 7.11 Å². The molecule has 0 amide bonds. The summed E-state index contributed by atoms with van der Waals surface area (Å²) in [7, 11) is 1.67. The van der Waals surface area contributed by atoms with Gasteiger partial charge in [-0.15, -0.1) is 11.8 Å². The van der Waals surface area contributed by atoms with E-state index < -0.39 is 0 Å². The predicted octanol–water partition coefficient (Wildman–Crippen LogP) is 2.51. The highest BCUT2D eigenvalue weighted by molar-refractivity contribution is 7.98. The number of ether oxygens (including phenoxy) is 1. The summed E-state index contributed by atoms with van der Waals surface area (Å²) >= 11 is 1.66. The van der Waals surface area contributed by atoms with Crippen molar-refractivity contribution >= 4 is 11.8 Å². The highest BCUT2D eigenvalue weighted by atomic mass is 32.2. The van der Waals surface area contributed by atoms with Gasteiger partial charge in [0, 0.05) is 17.4 Å². The lowest BCUT2D eigenvalue weighted by atomic mass is 10.0. The lowest BCUT2D eigenvalue weighted by Crippen LogP contribution is -1.99. The van der Waals surface area contributed by atoms with Crippen LogP contribution in [0.15, 0.2) is 23.1 Å². The number of aliphatic hydroxyl groups is 1. The number of aliphatic hydroxyl groups excluding tert-OH is 1. The molecule has 0 aromatic heterocycles. The summed E-state index contributed by atoms with van der Waals surface area (Å²) in [5.74, 6) is 1.05. The fraction of sp³-hybridized carbons (Fsp3) is 0.455. The fourth-order valence-electron chi connectivity index (χ4n) is 1.26. The van der Waals surface area contributed by atoms with Crippen molar-refractivity contribution < 1.29 is 9.84 Å². The van der Waals surface area contributed by atoms with E-state index in [2.05, 4.69) is 0 Å². The van der Waals surface area contributed by atoms with Crippen LogP contribution in [0, 0.1) is 0 Å². The van der Waals surface area contributed by atoms with Gasteiger partial charge >= 0.3 is 0 Å². The van der Waals surface area contributed by atoms with Crippen molar-refractivity contribution in [3.05, 3.63) is 23.8 Å². The molecule has 0 aliphatic heterocycles. The van der Waals surface area contributed by atoms with Gasteiger partial charge in [0.15, 0.2) is 0 Å². The molecule has 0 aliphatic carbocycles. The van der Waals surface area contributed by atoms with E-state index in [0.717, 1.165) is 16.2 Å². The Morgan fingerprint density at radius 2 is 2.21 bits per heavy atom. The van der Waals surface area contributed by atoms with Gasteiger partial charge in [0.25, 0.3) is 0 Å². The second-order valence-electron chi connectivity index (χ2n) is 3.20. The van der Waals surface area contributed by atoms with Gasteiger partial charge in [-0.3, -0.25) is 0 Å². The van der Waals surface area contributed by atoms with Crippen LogP contribution in [0.4, 0.5) is 0 Å². The molecule has 1 aromatic carbocycles. The Kier molecular flexibility index (Phi) is 4.29. The third kappa shape index (κ3) is 2.42. The van der Waals surface area contributed by atoms with Crippen LogP contribution in [0.1, 0.15) is 18.4 Å². The molecule has 1 rings (SSSR count). The average molecular weight is 212 g/mol. The first-order chi connectivity index (χ1) is 6.72. The van der Waals surface area contributed by atoms with Crippen LogP contribution in [0.5, 0.6) is 5.75 Å². The van der Waals surface area contributed by atoms with Crippen molar-refractivity contribution in [2.24, 2.45) is 0 Å². The van der Waals surface area contributed by atoms with E-state index in [1.807, 2.05) is 31.4 Å². The maximum absolute atomic E-state index is 9.03. The smallest absolute Gasteiger partial charge is 0.132 e. The predicted molar refractivity (Wildman–Crippen MR) is 60.3 cm³/mol. The van der Waals surface area contributed by atoms with Crippen molar-refractivity contribution in [3.63, 3.8) is 0 Å². The lowest BCUT2D eigenvalue weighted by molar-refractivity contribution is 0.272. The van der Waals surface area contributed by atoms with Gasteiger partial charge in [-0.05, 0) is 24.0 Å². The summed E-state index contributed by atoms with van der Waals surface area (Å²) in [5, 5.41) is 9.03. The third-order valence-electron chi connectivity index (χ3n) is 2.25. The molecule has 1 N–H and O–H groups in total. The SMILES string of the molecule is COc1cc(C(C)CO)ccc1SC. The van der Waals surface area contributed by atoms with Gasteiger partial charge in [-0.25, -0.2) is 0 Å². The Morgan fingerprint density at radius 3 is 2.71 bits per heavy atom. The van der Waals surface area contributed by atoms with E-state index >= 15 is 0 Å². The van der Waals surface area contributed by atoms with E-state index in [-0.39, 0.29) is 12.5 Å². The van der Waals surface area contributed by atoms with Crippen LogP contribution in [0.25, 0.3) is 0 Å². The molecule has 0 spiro atoms. The third-order valence-corrected chi connectivity index (χ3v) is 3.03. The van der Waals surface area contributed by atoms with Gasteiger partial charge in [-0.1, -0.05) is 13.0 Å². The maximum Gasteiger partial charge on any atom is 0.132 e. The molecule has 2 nitrogen and oxygen atoms in total. The van der Waals surface area contributed by atoms with Crippen LogP contribution in [-0.2, 0) is 0 Å². The topological polar surface area (TPSA) is 29.5 Å². The Labute approximate surface area is 89.3 Å². The summed E-state index contributed by atoms with van der Waals surface area (Å²) in [6.07, 6.45) is 2.02. The van der Waals surface area contributed by atoms with E-state index in [9.17, 15) is 0 Å². The molecule has 1 atom stereocenters. The van der Waals surface area contributed by atoms with Crippen LogP contribution < -0.4 is 4.74 Å². The fourth-order valence-corrected chi connectivity index (χ4v) is 1.81. The number of hydrogen-bond acceptors (Lipinski definition) is 3. The van der Waals surface area contributed by atoms with E-state index in [1.54, 1.807) is 18.9 Å². The quantitative estimate of drug-likeness (QED) is 0.778. The molecule has 0 fully saturated rings. The summed E-state index contributed by atoms with van der Waals surface area (Å²) in [6.45, 7) is 2.16. The normalized spacial score (nSPS) is 12.6. The number of methoxy groups -OCH3 is 1. The molecule has 0 saturated heterocycles. The Balaban J connectivity index is 3.01. The van der Waals surface area contributed by atoms with Crippen LogP contribution in [0.3, 0.4) is 0 Å². The summed E-state index contributed by atoms with van der Waals surface area (Å²) in [6, 6.07) is 6.06. The highest BCUT2D eigenvalue weighted by Crippen LogP contribution is 2.30. The summed E-state index contributed by atoms with van der Waals surface area (Å²) in [4.78, 5) is 1.13. The minimum Gasteiger partial charge on any atom is -0.496 e. The van der Waals surface area contributed by atoms with Crippen LogP contribution in [0.2, 0.25) is 0 Å². The van der Waals surface area contributed by atoms with Gasteiger partial charge in [0.2, 0.25) is 0 Å². The molecular weight excluding hydrogens is 196 g/mol. The van der Waals surface area contributed by atoms with Gasteiger partial charge in [-0.2, -0.15) is 0 Å². The number of rotatable bonds is 4. The zero-order valence-electron chi connectivity index (χ0n) is 8.78. The van der Waals surface area contributed by atoms with Crippen molar-refractivity contribution in [1.29, 1.82) is 0 Å². The molecule has 1 aromatic rings. The second kappa shape index (κ2) is 5.27. The first kappa shape index (κ1) is 11.4. The average Bonchev–Trinajstić information content (AvgIpc) is 2.26. The van der Waals surface area contributed by atoms with E-state index in [0.29, 0.717) is 0 Å². The molecule has 0 heterocycles. The number of hydrogen-bond donors (Lipinski definition) is 1. The molecule has 0 saturated carbocycles. The highest BCUT2D eigenvalue weighted by Gasteiger charge is 2.08. The van der Waals surface area contributed by atoms with E-state index in [4.69, 9.17) is 9.84 Å². The number of benzene rings is 1. The first-order valence-corrected chi connectivity index (χ1v) is 5.78. The molecule has 0 bridgehead atoms. The van der Waals surface area contributed by atoms with Crippen LogP contribution in [-0.4, -0.2) is 25.1 Å². The van der Waals surface area contributed by atoms with Gasteiger partial charge < -0.3 is 9.84 Å². The Bertz CT molecular complexity index is 299. The Hall–Kier alpha value is -0.670. The molecule has 3 heteroatoms.